The summed E-state index contributed by atoms with van der Waals surface area (Å²) in [5.41, 5.74) is -0.419. The van der Waals surface area contributed by atoms with Gasteiger partial charge in [-0.2, -0.15) is 13.2 Å². The van der Waals surface area contributed by atoms with Gasteiger partial charge in [-0.3, -0.25) is 4.79 Å². The minimum atomic E-state index is -4.60. The first kappa shape index (κ1) is 18.6. The number of carbonyl (C=O) groups is 1. The molecule has 2 aromatic carbocycles. The van der Waals surface area contributed by atoms with Crippen LogP contribution in [0.15, 0.2) is 42.5 Å². The van der Waals surface area contributed by atoms with Gasteiger partial charge in [0.2, 0.25) is 5.91 Å². The van der Waals surface area contributed by atoms with Crippen LogP contribution in [0.1, 0.15) is 11.1 Å². The van der Waals surface area contributed by atoms with Gasteiger partial charge in [0.15, 0.2) is 0 Å². The van der Waals surface area contributed by atoms with Crippen LogP contribution in [-0.2, 0) is 11.0 Å². The summed E-state index contributed by atoms with van der Waals surface area (Å²) < 4.78 is 38.3. The van der Waals surface area contributed by atoms with Gasteiger partial charge in [0.1, 0.15) is 0 Å². The molecule has 126 valence electrons. The Hall–Kier alpha value is -1.69. The molecule has 0 spiro atoms. The summed E-state index contributed by atoms with van der Waals surface area (Å²) in [4.78, 5) is 11.8. The molecule has 2 aromatic rings. The van der Waals surface area contributed by atoms with Crippen molar-refractivity contribution in [2.45, 2.75) is 6.18 Å². The summed E-state index contributed by atoms with van der Waals surface area (Å²) in [5, 5.41) is 2.60. The van der Waals surface area contributed by atoms with Crippen molar-refractivity contribution in [3.8, 4) is 0 Å². The van der Waals surface area contributed by atoms with Crippen LogP contribution in [0.2, 0.25) is 15.1 Å². The molecule has 8 heteroatoms. The van der Waals surface area contributed by atoms with Crippen LogP contribution in [0, 0.1) is 0 Å². The Bertz CT molecular complexity index is 804. The molecular formula is C16H9Cl3F3NO. The number of anilines is 1. The van der Waals surface area contributed by atoms with Gasteiger partial charge in [-0.25, -0.2) is 0 Å². The van der Waals surface area contributed by atoms with Gasteiger partial charge in [0.05, 0.1) is 20.6 Å². The number of benzene rings is 2. The first-order valence-electron chi connectivity index (χ1n) is 6.47. The fourth-order valence-corrected chi connectivity index (χ4v) is 2.32. The third-order valence-corrected chi connectivity index (χ3v) is 3.98. The van der Waals surface area contributed by atoms with Crippen LogP contribution in [0.3, 0.4) is 0 Å². The second kappa shape index (κ2) is 7.47. The molecule has 0 aliphatic rings. The Labute approximate surface area is 150 Å². The first-order chi connectivity index (χ1) is 11.2. The molecule has 0 saturated heterocycles. The van der Waals surface area contributed by atoms with Crippen molar-refractivity contribution in [2.75, 3.05) is 5.32 Å². The zero-order chi connectivity index (χ0) is 17.9. The predicted molar refractivity (Wildman–Crippen MR) is 90.6 cm³/mol. The largest absolute Gasteiger partial charge is 0.417 e. The first-order valence-corrected chi connectivity index (χ1v) is 7.61. The van der Waals surface area contributed by atoms with Crippen LogP contribution in [0.5, 0.6) is 0 Å². The van der Waals surface area contributed by atoms with Gasteiger partial charge in [0.25, 0.3) is 0 Å². The summed E-state index contributed by atoms with van der Waals surface area (Å²) in [6.45, 7) is 0. The molecule has 0 bridgehead atoms. The third kappa shape index (κ3) is 4.90. The van der Waals surface area contributed by atoms with Gasteiger partial charge < -0.3 is 5.32 Å². The Morgan fingerprint density at radius 3 is 2.25 bits per heavy atom. The number of hydrogen-bond acceptors (Lipinski definition) is 1. The van der Waals surface area contributed by atoms with Gasteiger partial charge >= 0.3 is 6.18 Å². The van der Waals surface area contributed by atoms with Gasteiger partial charge in [-0.1, -0.05) is 40.9 Å². The Balaban J connectivity index is 2.12. The van der Waals surface area contributed by atoms with Gasteiger partial charge in [-0.15, -0.1) is 0 Å². The number of carbonyl (C=O) groups excluding carboxylic acids is 1. The third-order valence-electron chi connectivity index (χ3n) is 2.91. The van der Waals surface area contributed by atoms with Crippen LogP contribution in [0.25, 0.3) is 6.08 Å². The fourth-order valence-electron chi connectivity index (χ4n) is 1.79. The molecule has 0 saturated carbocycles. The highest BCUT2D eigenvalue weighted by molar-refractivity contribution is 6.42. The fraction of sp³-hybridized carbons (Fsp3) is 0.0625. The smallest absolute Gasteiger partial charge is 0.322 e. The second-order valence-electron chi connectivity index (χ2n) is 4.69. The monoisotopic (exact) mass is 393 g/mol. The van der Waals surface area contributed by atoms with Crippen LogP contribution in [0.4, 0.5) is 18.9 Å². The molecule has 0 unspecified atom stereocenters. The van der Waals surface area contributed by atoms with Gasteiger partial charge in [0, 0.05) is 11.8 Å². The lowest BCUT2D eigenvalue weighted by molar-refractivity contribution is -0.137. The van der Waals surface area contributed by atoms with E-state index in [9.17, 15) is 18.0 Å². The van der Waals surface area contributed by atoms with Crippen molar-refractivity contribution in [3.05, 3.63) is 68.7 Å². The number of amides is 1. The van der Waals surface area contributed by atoms with Crippen molar-refractivity contribution in [2.24, 2.45) is 0 Å². The second-order valence-corrected chi connectivity index (χ2v) is 5.91. The van der Waals surface area contributed by atoms with E-state index in [1.165, 1.54) is 18.2 Å². The number of nitrogens with one attached hydrogen (secondary N) is 1. The Kier molecular flexibility index (Phi) is 5.80. The lowest BCUT2D eigenvalue weighted by Crippen LogP contribution is -2.11. The molecule has 24 heavy (non-hydrogen) atoms. The van der Waals surface area contributed by atoms with Crippen molar-refractivity contribution in [1.29, 1.82) is 0 Å². The zero-order valence-corrected chi connectivity index (χ0v) is 14.1. The average molecular weight is 395 g/mol. The van der Waals surface area contributed by atoms with Crippen molar-refractivity contribution in [1.82, 2.24) is 0 Å². The molecule has 0 aromatic heterocycles. The molecule has 2 nitrogen and oxygen atoms in total. The van der Waals surface area contributed by atoms with Crippen molar-refractivity contribution < 1.29 is 18.0 Å². The molecule has 1 N–H and O–H groups in total. The lowest BCUT2D eigenvalue weighted by Gasteiger charge is -2.11. The summed E-state index contributed by atoms with van der Waals surface area (Å²) in [6.07, 6.45) is -1.98. The van der Waals surface area contributed by atoms with Gasteiger partial charge in [-0.05, 0) is 42.0 Å². The van der Waals surface area contributed by atoms with E-state index in [1.807, 2.05) is 0 Å². The maximum atomic E-state index is 12.8. The van der Waals surface area contributed by atoms with Crippen molar-refractivity contribution in [3.63, 3.8) is 0 Å². The summed E-state index contributed by atoms with van der Waals surface area (Å²) >= 11 is 17.1. The highest BCUT2D eigenvalue weighted by atomic mass is 35.5. The predicted octanol–water partition coefficient (Wildman–Crippen LogP) is 6.32. The number of halogens is 6. The van der Waals surface area contributed by atoms with E-state index in [0.717, 1.165) is 12.1 Å². The number of alkyl halides is 3. The molecular weight excluding hydrogens is 386 g/mol. The van der Waals surface area contributed by atoms with E-state index >= 15 is 0 Å². The summed E-state index contributed by atoms with van der Waals surface area (Å²) in [7, 11) is 0. The molecule has 0 fully saturated rings. The average Bonchev–Trinajstić information content (AvgIpc) is 2.49. The van der Waals surface area contributed by atoms with E-state index in [4.69, 9.17) is 34.8 Å². The van der Waals surface area contributed by atoms with E-state index in [2.05, 4.69) is 5.32 Å². The lowest BCUT2D eigenvalue weighted by atomic mass is 10.2. The summed E-state index contributed by atoms with van der Waals surface area (Å²) in [6, 6.07) is 7.88. The minimum absolute atomic E-state index is 0.0180. The van der Waals surface area contributed by atoms with E-state index in [0.29, 0.717) is 15.6 Å². The highest BCUT2D eigenvalue weighted by Crippen LogP contribution is 2.36. The molecule has 2 rings (SSSR count). The quantitative estimate of drug-likeness (QED) is 0.607. The highest BCUT2D eigenvalue weighted by Gasteiger charge is 2.33. The standard InChI is InChI=1S/C16H9Cl3F3NO/c17-12-5-3-10(8-11(12)16(20,21)22)23-15(24)6-2-9-1-4-13(18)14(19)7-9/h1-8H,(H,23,24). The molecule has 1 amide bonds. The van der Waals surface area contributed by atoms with E-state index < -0.39 is 22.7 Å². The molecule has 0 aliphatic heterocycles. The topological polar surface area (TPSA) is 29.1 Å². The zero-order valence-electron chi connectivity index (χ0n) is 11.8. The number of rotatable bonds is 3. The summed E-state index contributed by atoms with van der Waals surface area (Å²) in [5.74, 6) is -0.600. The van der Waals surface area contributed by atoms with Crippen LogP contribution < -0.4 is 5.32 Å². The van der Waals surface area contributed by atoms with Crippen LogP contribution in [-0.4, -0.2) is 5.91 Å². The molecule has 0 heterocycles. The van der Waals surface area contributed by atoms with Crippen molar-refractivity contribution >= 4 is 52.5 Å². The van der Waals surface area contributed by atoms with E-state index in [1.54, 1.807) is 18.2 Å². The molecule has 0 atom stereocenters. The van der Waals surface area contributed by atoms with E-state index in [-0.39, 0.29) is 5.69 Å². The maximum absolute atomic E-state index is 12.8. The maximum Gasteiger partial charge on any atom is 0.417 e. The molecule has 0 radical (unpaired) electrons. The Morgan fingerprint density at radius 2 is 1.62 bits per heavy atom. The molecule has 0 aliphatic carbocycles. The normalized spacial score (nSPS) is 11.8. The SMILES string of the molecule is O=C(C=Cc1ccc(Cl)c(Cl)c1)Nc1ccc(Cl)c(C(F)(F)F)c1. The minimum Gasteiger partial charge on any atom is -0.322 e. The van der Waals surface area contributed by atoms with Crippen LogP contribution >= 0.6 is 34.8 Å². The number of hydrogen-bond donors (Lipinski definition) is 1. The Morgan fingerprint density at radius 1 is 0.958 bits per heavy atom.